The monoisotopic (exact) mass is 471 g/mol. The number of imidazole rings is 1. The molecule has 0 spiro atoms. The van der Waals surface area contributed by atoms with Crippen LogP contribution in [-0.2, 0) is 0 Å². The van der Waals surface area contributed by atoms with Crippen molar-refractivity contribution in [3.63, 3.8) is 0 Å². The number of nitriles is 1. The van der Waals surface area contributed by atoms with Crippen molar-refractivity contribution in [2.45, 2.75) is 54.9 Å². The van der Waals surface area contributed by atoms with Crippen molar-refractivity contribution in [2.24, 2.45) is 5.41 Å². The topological polar surface area (TPSA) is 113 Å². The first-order valence-corrected chi connectivity index (χ1v) is 12.6. The van der Waals surface area contributed by atoms with Crippen molar-refractivity contribution in [1.29, 1.82) is 16.1 Å². The van der Waals surface area contributed by atoms with Crippen LogP contribution in [0, 0.1) is 27.6 Å². The van der Waals surface area contributed by atoms with Crippen molar-refractivity contribution in [1.82, 2.24) is 19.4 Å². The molecule has 5 rings (SSSR count). The Hall–Kier alpha value is -1.93. The maximum atomic E-state index is 13.4. The summed E-state index contributed by atoms with van der Waals surface area (Å²) in [4.78, 5) is 5.51. The number of thioether (sulfide) groups is 1. The molecule has 10 heteroatoms. The molecule has 0 aromatic carbocycles. The van der Waals surface area contributed by atoms with Gasteiger partial charge in [0.15, 0.2) is 5.82 Å². The molecule has 0 atom stereocenters. The van der Waals surface area contributed by atoms with E-state index in [-0.39, 0.29) is 16.8 Å². The lowest BCUT2D eigenvalue weighted by molar-refractivity contribution is 0.402. The van der Waals surface area contributed by atoms with E-state index < -0.39 is 11.0 Å². The van der Waals surface area contributed by atoms with E-state index in [1.54, 1.807) is 0 Å². The lowest BCUT2D eigenvalue weighted by Gasteiger charge is -2.24. The predicted octanol–water partition coefficient (Wildman–Crippen LogP) is 4.24. The molecule has 3 aliphatic rings. The van der Waals surface area contributed by atoms with Crippen LogP contribution >= 0.6 is 23.7 Å². The Kier molecular flexibility index (Phi) is 5.78. The molecule has 4 N–H and O–H groups in total. The van der Waals surface area contributed by atoms with Gasteiger partial charge in [-0.25, -0.2) is 9.37 Å². The number of piperidine rings is 1. The SMILES string of the molecule is N#CC1(C(=N)SC(=N)c2ncc3c(C4CCNCC4)cc(SNC4(CF)CC4)cn23)CC1. The molecule has 0 amide bonds. The van der Waals surface area contributed by atoms with Gasteiger partial charge in [0.2, 0.25) is 0 Å². The largest absolute Gasteiger partial charge is 0.317 e. The average molecular weight is 472 g/mol. The van der Waals surface area contributed by atoms with Crippen LogP contribution in [0.3, 0.4) is 0 Å². The summed E-state index contributed by atoms with van der Waals surface area (Å²) in [6.45, 7) is 1.57. The number of rotatable bonds is 7. The Morgan fingerprint density at radius 1 is 1.31 bits per heavy atom. The van der Waals surface area contributed by atoms with Gasteiger partial charge < -0.3 is 5.32 Å². The second-order valence-electron chi connectivity index (χ2n) is 9.06. The number of hydrogen-bond acceptors (Lipinski definition) is 8. The molecule has 1 saturated heterocycles. The fourth-order valence-corrected chi connectivity index (χ4v) is 5.95. The quantitative estimate of drug-likeness (QED) is 0.273. The third kappa shape index (κ3) is 4.07. The molecule has 7 nitrogen and oxygen atoms in total. The van der Waals surface area contributed by atoms with Crippen LogP contribution in [0.15, 0.2) is 23.4 Å². The van der Waals surface area contributed by atoms with Gasteiger partial charge in [0.05, 0.1) is 28.4 Å². The summed E-state index contributed by atoms with van der Waals surface area (Å²) in [7, 11) is 0. The van der Waals surface area contributed by atoms with Gasteiger partial charge in [0.25, 0.3) is 0 Å². The van der Waals surface area contributed by atoms with Gasteiger partial charge in [0, 0.05) is 11.1 Å². The Morgan fingerprint density at radius 3 is 2.69 bits per heavy atom. The van der Waals surface area contributed by atoms with Crippen LogP contribution < -0.4 is 10.0 Å². The van der Waals surface area contributed by atoms with Gasteiger partial charge in [-0.1, -0.05) is 11.8 Å². The van der Waals surface area contributed by atoms with Crippen LogP contribution in [0.4, 0.5) is 4.39 Å². The molecule has 2 aliphatic carbocycles. The van der Waals surface area contributed by atoms with Gasteiger partial charge in [-0.2, -0.15) is 5.26 Å². The van der Waals surface area contributed by atoms with E-state index in [0.717, 1.165) is 60.9 Å². The number of nitrogens with zero attached hydrogens (tertiary/aromatic N) is 3. The molecule has 1 aliphatic heterocycles. The Labute approximate surface area is 195 Å². The van der Waals surface area contributed by atoms with E-state index in [9.17, 15) is 9.65 Å². The Balaban J connectivity index is 1.47. The zero-order chi connectivity index (χ0) is 22.3. The van der Waals surface area contributed by atoms with Gasteiger partial charge in [-0.3, -0.25) is 19.9 Å². The van der Waals surface area contributed by atoms with E-state index in [2.05, 4.69) is 27.2 Å². The molecular formula is C22H26FN7S2. The van der Waals surface area contributed by atoms with Crippen molar-refractivity contribution >= 4 is 39.3 Å². The van der Waals surface area contributed by atoms with E-state index in [0.29, 0.717) is 24.6 Å². The Bertz CT molecular complexity index is 1110. The molecule has 3 heterocycles. The van der Waals surface area contributed by atoms with Crippen molar-refractivity contribution in [3.8, 4) is 6.07 Å². The van der Waals surface area contributed by atoms with Crippen molar-refractivity contribution in [2.75, 3.05) is 19.8 Å². The molecule has 168 valence electrons. The fourth-order valence-electron chi connectivity index (χ4n) is 4.12. The minimum Gasteiger partial charge on any atom is -0.317 e. The van der Waals surface area contributed by atoms with E-state index in [1.165, 1.54) is 17.5 Å². The standard InChI is InChI=1S/C22H26FN7S2/c23-12-22(5-6-22)29-32-15-9-16(14-1-7-27-8-2-14)17-10-28-19(30(17)11-15)18(25)31-20(26)21(13-24)3-4-21/h9-11,14,25-27,29H,1-8,12H2. The molecule has 0 radical (unpaired) electrons. The lowest BCUT2D eigenvalue weighted by Crippen LogP contribution is -2.27. The molecule has 2 aromatic rings. The van der Waals surface area contributed by atoms with Gasteiger partial charge in [-0.15, -0.1) is 0 Å². The zero-order valence-electron chi connectivity index (χ0n) is 17.7. The van der Waals surface area contributed by atoms with Crippen LogP contribution in [0.1, 0.15) is 55.8 Å². The smallest absolute Gasteiger partial charge is 0.169 e. The molecule has 32 heavy (non-hydrogen) atoms. The number of nitrogens with one attached hydrogen (secondary N) is 4. The molecular weight excluding hydrogens is 445 g/mol. The molecule has 0 unspecified atom stereocenters. The Morgan fingerprint density at radius 2 is 2.06 bits per heavy atom. The average Bonchev–Trinajstić information content (AvgIpc) is 3.74. The highest BCUT2D eigenvalue weighted by Gasteiger charge is 2.48. The molecule has 0 bridgehead atoms. The normalized spacial score (nSPS) is 21.2. The van der Waals surface area contributed by atoms with Crippen LogP contribution in [-0.4, -0.2) is 44.8 Å². The second kappa shape index (κ2) is 8.45. The third-order valence-corrected chi connectivity index (χ3v) is 8.70. The van der Waals surface area contributed by atoms with Crippen LogP contribution in [0.2, 0.25) is 0 Å². The maximum absolute atomic E-state index is 13.4. The maximum Gasteiger partial charge on any atom is 0.169 e. The zero-order valence-corrected chi connectivity index (χ0v) is 19.3. The first kappa shape index (κ1) is 21.9. The number of hydrogen-bond donors (Lipinski definition) is 4. The van der Waals surface area contributed by atoms with Crippen LogP contribution in [0.5, 0.6) is 0 Å². The summed E-state index contributed by atoms with van der Waals surface area (Å²) in [5.74, 6) is 0.876. The number of halogens is 1. The van der Waals surface area contributed by atoms with Crippen molar-refractivity contribution < 1.29 is 4.39 Å². The molecule has 2 saturated carbocycles. The van der Waals surface area contributed by atoms with Gasteiger partial charge in [0.1, 0.15) is 17.1 Å². The second-order valence-corrected chi connectivity index (χ2v) is 11.0. The summed E-state index contributed by atoms with van der Waals surface area (Å²) in [6, 6.07) is 4.40. The van der Waals surface area contributed by atoms with Crippen LogP contribution in [0.25, 0.3) is 5.52 Å². The summed E-state index contributed by atoms with van der Waals surface area (Å²) in [5, 5.41) is 30.1. The lowest BCUT2D eigenvalue weighted by atomic mass is 9.90. The van der Waals surface area contributed by atoms with Crippen molar-refractivity contribution in [3.05, 3.63) is 29.8 Å². The predicted molar refractivity (Wildman–Crippen MR) is 126 cm³/mol. The molecule has 2 aromatic heterocycles. The number of fused-ring (bicyclic) bond motifs is 1. The van der Waals surface area contributed by atoms with E-state index in [1.807, 2.05) is 16.8 Å². The summed E-state index contributed by atoms with van der Waals surface area (Å²) >= 11 is 2.47. The van der Waals surface area contributed by atoms with E-state index >= 15 is 0 Å². The first-order chi connectivity index (χ1) is 15.5. The summed E-state index contributed by atoms with van der Waals surface area (Å²) in [5.41, 5.74) is 1.06. The highest BCUT2D eigenvalue weighted by atomic mass is 32.2. The summed E-state index contributed by atoms with van der Waals surface area (Å²) < 4.78 is 18.6. The highest BCUT2D eigenvalue weighted by molar-refractivity contribution is 8.26. The fraction of sp³-hybridized carbons (Fsp3) is 0.545. The number of alkyl halides is 1. The van der Waals surface area contributed by atoms with Gasteiger partial charge >= 0.3 is 0 Å². The number of aromatic nitrogens is 2. The first-order valence-electron chi connectivity index (χ1n) is 11.0. The minimum atomic E-state index is -0.708. The third-order valence-electron chi connectivity index (χ3n) is 6.73. The summed E-state index contributed by atoms with van der Waals surface area (Å²) in [6.07, 6.45) is 8.90. The molecule has 3 fully saturated rings. The number of pyridine rings is 1. The minimum absolute atomic E-state index is 0.172. The van der Waals surface area contributed by atoms with Gasteiger partial charge in [-0.05, 0) is 81.1 Å². The highest BCUT2D eigenvalue weighted by Crippen LogP contribution is 2.49. The van der Waals surface area contributed by atoms with E-state index in [4.69, 9.17) is 10.8 Å².